The van der Waals surface area contributed by atoms with Gasteiger partial charge in [-0.2, -0.15) is 0 Å². The van der Waals surface area contributed by atoms with E-state index < -0.39 is 23.2 Å². The summed E-state index contributed by atoms with van der Waals surface area (Å²) in [6.45, 7) is 5.28. The van der Waals surface area contributed by atoms with Crippen LogP contribution in [0.1, 0.15) is 31.3 Å². The number of rotatable bonds is 8. The summed E-state index contributed by atoms with van der Waals surface area (Å²) in [7, 11) is 7.20. The molecule has 1 heterocycles. The van der Waals surface area contributed by atoms with Crippen molar-refractivity contribution in [2.75, 3.05) is 40.9 Å². The maximum atomic E-state index is 14.1. The van der Waals surface area contributed by atoms with Gasteiger partial charge < -0.3 is 28.4 Å². The molecule has 1 amide bonds. The van der Waals surface area contributed by atoms with Crippen molar-refractivity contribution in [3.8, 4) is 39.8 Å². The maximum absolute atomic E-state index is 14.1. The molecule has 0 atom stereocenters. The van der Waals surface area contributed by atoms with Crippen molar-refractivity contribution in [1.82, 2.24) is 4.57 Å². The van der Waals surface area contributed by atoms with E-state index in [0.717, 1.165) is 0 Å². The number of amides is 1. The minimum absolute atomic E-state index is 0.0349. The molecule has 0 fully saturated rings. The number of benzene rings is 3. The number of pyridine rings is 1. The van der Waals surface area contributed by atoms with E-state index in [4.69, 9.17) is 28.4 Å². The third kappa shape index (κ3) is 6.20. The molecular weight excluding hydrogens is 556 g/mol. The Kier molecular flexibility index (Phi) is 8.84. The minimum Gasteiger partial charge on any atom is -0.497 e. The molecule has 43 heavy (non-hydrogen) atoms. The number of anilines is 1. The lowest BCUT2D eigenvalue weighted by Gasteiger charge is -2.21. The van der Waals surface area contributed by atoms with Crippen LogP contribution >= 0.6 is 0 Å². The molecule has 0 aliphatic carbocycles. The summed E-state index contributed by atoms with van der Waals surface area (Å²) in [4.78, 5) is 39.9. The molecule has 1 aromatic heterocycles. The van der Waals surface area contributed by atoms with E-state index >= 15 is 0 Å². The lowest BCUT2D eigenvalue weighted by Crippen LogP contribution is -2.27. The molecular formula is C32H34N2O9. The molecule has 3 aromatic carbocycles. The van der Waals surface area contributed by atoms with E-state index in [1.165, 1.54) is 40.1 Å². The Hall–Kier alpha value is -5.19. The van der Waals surface area contributed by atoms with Crippen LogP contribution in [0.2, 0.25) is 0 Å². The van der Waals surface area contributed by atoms with E-state index in [0.29, 0.717) is 50.9 Å². The Labute approximate surface area is 248 Å². The molecule has 0 aliphatic rings. The van der Waals surface area contributed by atoms with Crippen LogP contribution in [0.25, 0.3) is 27.6 Å². The topological polar surface area (TPSA) is 124 Å². The van der Waals surface area contributed by atoms with Gasteiger partial charge in [0, 0.05) is 16.9 Å². The van der Waals surface area contributed by atoms with Gasteiger partial charge in [-0.05, 0) is 86.3 Å². The zero-order valence-electron chi connectivity index (χ0n) is 25.3. The Morgan fingerprint density at radius 1 is 0.767 bits per heavy atom. The van der Waals surface area contributed by atoms with E-state index in [9.17, 15) is 14.4 Å². The van der Waals surface area contributed by atoms with Crippen LogP contribution in [0.3, 0.4) is 0 Å². The highest BCUT2D eigenvalue weighted by Gasteiger charge is 2.27. The van der Waals surface area contributed by atoms with Crippen molar-refractivity contribution in [2.45, 2.75) is 26.4 Å². The highest BCUT2D eigenvalue weighted by atomic mass is 16.6. The maximum Gasteiger partial charge on any atom is 0.412 e. The van der Waals surface area contributed by atoms with Gasteiger partial charge >= 0.3 is 12.1 Å². The largest absolute Gasteiger partial charge is 0.497 e. The summed E-state index contributed by atoms with van der Waals surface area (Å²) in [5, 5.41) is 3.42. The molecule has 4 rings (SSSR count). The van der Waals surface area contributed by atoms with E-state index in [1.54, 1.807) is 75.4 Å². The summed E-state index contributed by atoms with van der Waals surface area (Å²) >= 11 is 0. The lowest BCUT2D eigenvalue weighted by molar-refractivity contribution is 0.0589. The first kappa shape index (κ1) is 30.8. The summed E-state index contributed by atoms with van der Waals surface area (Å²) in [5.41, 5.74) is 0.464. The molecule has 11 heteroatoms. The third-order valence-electron chi connectivity index (χ3n) is 6.49. The molecule has 0 aliphatic heterocycles. The molecule has 226 valence electrons. The van der Waals surface area contributed by atoms with Gasteiger partial charge in [0.05, 0.1) is 40.9 Å². The van der Waals surface area contributed by atoms with Crippen LogP contribution in [0, 0.1) is 0 Å². The number of methoxy groups -OCH3 is 5. The Balaban J connectivity index is 2.05. The molecule has 0 bridgehead atoms. The number of carbonyl (C=O) groups is 2. The standard InChI is InChI=1S/C32H34N2O9/c1-32(2,3)43-31(37)33-19-9-11-20(12-10-19)34-27(30(36)42-8)26(22-14-13-21(38-4)17-23(22)29(34)35)18-15-24(39-5)28(41-7)25(16-18)40-6/h9-17H,1-8H3,(H,33,37). The van der Waals surface area contributed by atoms with Crippen molar-refractivity contribution in [1.29, 1.82) is 0 Å². The Morgan fingerprint density at radius 3 is 1.91 bits per heavy atom. The molecule has 0 saturated carbocycles. The van der Waals surface area contributed by atoms with Gasteiger partial charge in [-0.3, -0.25) is 14.7 Å². The van der Waals surface area contributed by atoms with E-state index in [2.05, 4.69) is 5.32 Å². The van der Waals surface area contributed by atoms with Crippen LogP contribution < -0.4 is 29.8 Å². The number of hydrogen-bond donors (Lipinski definition) is 1. The highest BCUT2D eigenvalue weighted by molar-refractivity contribution is 6.08. The Morgan fingerprint density at radius 2 is 1.40 bits per heavy atom. The normalized spacial score (nSPS) is 11.1. The number of carbonyl (C=O) groups excluding carboxylic acids is 2. The SMILES string of the molecule is COC(=O)c1c(-c2cc(OC)c(OC)c(OC)c2)c2ccc(OC)cc2c(=O)n1-c1ccc(NC(=O)OC(C)(C)C)cc1. The second-order valence-electron chi connectivity index (χ2n) is 10.4. The van der Waals surface area contributed by atoms with Crippen molar-refractivity contribution in [3.05, 3.63) is 70.6 Å². The van der Waals surface area contributed by atoms with E-state index in [1.807, 2.05) is 0 Å². The van der Waals surface area contributed by atoms with Gasteiger partial charge in [-0.25, -0.2) is 9.59 Å². The van der Waals surface area contributed by atoms with Gasteiger partial charge in [0.1, 0.15) is 17.0 Å². The number of nitrogens with zero attached hydrogens (tertiary/aromatic N) is 1. The lowest BCUT2D eigenvalue weighted by atomic mass is 9.95. The smallest absolute Gasteiger partial charge is 0.412 e. The minimum atomic E-state index is -0.755. The van der Waals surface area contributed by atoms with Gasteiger partial charge in [0.15, 0.2) is 11.5 Å². The first-order valence-corrected chi connectivity index (χ1v) is 13.2. The summed E-state index contributed by atoms with van der Waals surface area (Å²) in [6, 6.07) is 14.8. The predicted octanol–water partition coefficient (Wildman–Crippen LogP) is 5.83. The van der Waals surface area contributed by atoms with Crippen LogP contribution in [0.5, 0.6) is 23.0 Å². The van der Waals surface area contributed by atoms with Gasteiger partial charge in [0.2, 0.25) is 5.75 Å². The molecule has 0 radical (unpaired) electrons. The van der Waals surface area contributed by atoms with Gasteiger partial charge in [-0.15, -0.1) is 0 Å². The van der Waals surface area contributed by atoms with Crippen molar-refractivity contribution < 1.29 is 38.0 Å². The number of hydrogen-bond acceptors (Lipinski definition) is 9. The average Bonchev–Trinajstić information content (AvgIpc) is 2.99. The quantitative estimate of drug-likeness (QED) is 0.253. The zero-order valence-corrected chi connectivity index (χ0v) is 25.3. The van der Waals surface area contributed by atoms with Crippen molar-refractivity contribution in [2.24, 2.45) is 0 Å². The fourth-order valence-electron chi connectivity index (χ4n) is 4.68. The van der Waals surface area contributed by atoms with Gasteiger partial charge in [-0.1, -0.05) is 0 Å². The zero-order chi connectivity index (χ0) is 31.5. The molecule has 4 aromatic rings. The summed E-state index contributed by atoms with van der Waals surface area (Å²) in [6.07, 6.45) is -0.629. The van der Waals surface area contributed by atoms with E-state index in [-0.39, 0.29) is 11.1 Å². The van der Waals surface area contributed by atoms with Crippen molar-refractivity contribution >= 4 is 28.5 Å². The van der Waals surface area contributed by atoms with Gasteiger partial charge in [0.25, 0.3) is 5.56 Å². The van der Waals surface area contributed by atoms with Crippen LogP contribution in [-0.2, 0) is 9.47 Å². The molecule has 0 spiro atoms. The summed E-state index contributed by atoms with van der Waals surface area (Å²) < 4.78 is 33.8. The number of aromatic nitrogens is 1. The van der Waals surface area contributed by atoms with Crippen LogP contribution in [0.4, 0.5) is 10.5 Å². The molecule has 0 saturated heterocycles. The second-order valence-corrected chi connectivity index (χ2v) is 10.4. The number of nitrogens with one attached hydrogen (secondary N) is 1. The fourth-order valence-corrected chi connectivity index (χ4v) is 4.68. The second kappa shape index (κ2) is 12.4. The number of ether oxygens (including phenoxy) is 6. The van der Waals surface area contributed by atoms with Crippen molar-refractivity contribution in [3.63, 3.8) is 0 Å². The number of fused-ring (bicyclic) bond motifs is 1. The average molecular weight is 591 g/mol. The predicted molar refractivity (Wildman–Crippen MR) is 162 cm³/mol. The first-order valence-electron chi connectivity index (χ1n) is 13.2. The first-order chi connectivity index (χ1) is 20.5. The third-order valence-corrected chi connectivity index (χ3v) is 6.49. The number of esters is 1. The fraction of sp³-hybridized carbons (Fsp3) is 0.281. The Bertz CT molecular complexity index is 1710. The summed E-state index contributed by atoms with van der Waals surface area (Å²) in [5.74, 6) is 0.763. The molecule has 0 unspecified atom stereocenters. The molecule has 1 N–H and O–H groups in total. The van der Waals surface area contributed by atoms with Crippen LogP contribution in [0.15, 0.2) is 59.4 Å². The highest BCUT2D eigenvalue weighted by Crippen LogP contribution is 2.44. The molecule has 11 nitrogen and oxygen atoms in total. The monoisotopic (exact) mass is 590 g/mol. The van der Waals surface area contributed by atoms with Crippen LogP contribution in [-0.4, -0.2) is 57.8 Å².